The zero-order chi connectivity index (χ0) is 19.8. The number of anilines is 1. The van der Waals surface area contributed by atoms with Crippen LogP contribution >= 0.6 is 0 Å². The number of rotatable bonds is 3. The van der Waals surface area contributed by atoms with Crippen LogP contribution in [0.2, 0.25) is 0 Å². The number of amides is 3. The topological polar surface area (TPSA) is 66.5 Å². The second-order valence-corrected chi connectivity index (χ2v) is 7.08. The minimum absolute atomic E-state index is 0.0491. The molecule has 0 unspecified atom stereocenters. The summed E-state index contributed by atoms with van der Waals surface area (Å²) in [6.07, 6.45) is 4.60. The second kappa shape index (κ2) is 7.14. The van der Waals surface area contributed by atoms with E-state index in [2.05, 4.69) is 5.32 Å². The SMILES string of the molecule is O=C(Nc1c(F)cccc1F)c1ccc2c(c1)C(=O)N(C1CCCCC1)C2=O. The highest BCUT2D eigenvalue weighted by Crippen LogP contribution is 2.31. The number of nitrogens with zero attached hydrogens (tertiary/aromatic N) is 1. The highest BCUT2D eigenvalue weighted by Gasteiger charge is 2.40. The number of carbonyl (C=O) groups excluding carboxylic acids is 3. The summed E-state index contributed by atoms with van der Waals surface area (Å²) in [6, 6.07) is 7.25. The molecule has 0 aromatic heterocycles. The summed E-state index contributed by atoms with van der Waals surface area (Å²) in [5.74, 6) is -3.32. The molecule has 2 aromatic carbocycles. The molecule has 2 aromatic rings. The molecular weight excluding hydrogens is 366 g/mol. The molecule has 0 bridgehead atoms. The van der Waals surface area contributed by atoms with Crippen LogP contribution in [0.5, 0.6) is 0 Å². The minimum atomic E-state index is -0.899. The van der Waals surface area contributed by atoms with Gasteiger partial charge in [0, 0.05) is 11.6 Å². The molecule has 1 aliphatic carbocycles. The Morgan fingerprint density at radius 2 is 1.57 bits per heavy atom. The van der Waals surface area contributed by atoms with E-state index in [1.54, 1.807) is 0 Å². The standard InChI is InChI=1S/C21H18F2N2O3/c22-16-7-4-8-17(23)18(16)24-19(26)12-9-10-14-15(11-12)21(28)25(20(14)27)13-5-2-1-3-6-13/h4,7-11,13H,1-3,5-6H2,(H,24,26). The fraction of sp³-hybridized carbons (Fsp3) is 0.286. The number of nitrogens with one attached hydrogen (secondary N) is 1. The van der Waals surface area contributed by atoms with Gasteiger partial charge in [-0.1, -0.05) is 25.3 Å². The first-order valence-electron chi connectivity index (χ1n) is 9.24. The maximum Gasteiger partial charge on any atom is 0.261 e. The molecule has 0 radical (unpaired) electrons. The minimum Gasteiger partial charge on any atom is -0.317 e. The molecule has 1 aliphatic heterocycles. The Labute approximate surface area is 160 Å². The Hall–Kier alpha value is -3.09. The Bertz CT molecular complexity index is 963. The molecule has 0 spiro atoms. The van der Waals surface area contributed by atoms with Crippen LogP contribution < -0.4 is 5.32 Å². The van der Waals surface area contributed by atoms with Crippen molar-refractivity contribution in [2.24, 2.45) is 0 Å². The zero-order valence-corrected chi connectivity index (χ0v) is 15.0. The summed E-state index contributed by atoms with van der Waals surface area (Å²) < 4.78 is 27.5. The van der Waals surface area contributed by atoms with Crippen LogP contribution in [-0.2, 0) is 0 Å². The van der Waals surface area contributed by atoms with Crippen LogP contribution in [0.3, 0.4) is 0 Å². The average Bonchev–Trinajstić information content (AvgIpc) is 2.95. The summed E-state index contributed by atoms with van der Waals surface area (Å²) in [4.78, 5) is 39.2. The predicted molar refractivity (Wildman–Crippen MR) is 98.1 cm³/mol. The fourth-order valence-corrected chi connectivity index (χ4v) is 3.87. The van der Waals surface area contributed by atoms with Gasteiger partial charge in [-0.3, -0.25) is 19.3 Å². The lowest BCUT2D eigenvalue weighted by Crippen LogP contribution is -2.40. The number of para-hydroxylation sites is 1. The summed E-state index contributed by atoms with van der Waals surface area (Å²) in [6.45, 7) is 0. The molecule has 2 aliphatic rings. The largest absolute Gasteiger partial charge is 0.317 e. The number of hydrogen-bond donors (Lipinski definition) is 1. The van der Waals surface area contributed by atoms with Crippen LogP contribution in [-0.4, -0.2) is 28.7 Å². The van der Waals surface area contributed by atoms with E-state index in [-0.39, 0.29) is 28.6 Å². The number of hydrogen-bond acceptors (Lipinski definition) is 3. The summed E-state index contributed by atoms with van der Waals surface area (Å²) in [5.41, 5.74) is -0.103. The van der Waals surface area contributed by atoms with Crippen LogP contribution in [0.25, 0.3) is 0 Å². The van der Waals surface area contributed by atoms with Gasteiger partial charge in [0.2, 0.25) is 0 Å². The van der Waals surface area contributed by atoms with Crippen molar-refractivity contribution in [3.05, 3.63) is 64.7 Å². The molecule has 144 valence electrons. The highest BCUT2D eigenvalue weighted by atomic mass is 19.1. The lowest BCUT2D eigenvalue weighted by atomic mass is 9.94. The van der Waals surface area contributed by atoms with Gasteiger partial charge < -0.3 is 5.32 Å². The second-order valence-electron chi connectivity index (χ2n) is 7.08. The molecule has 0 atom stereocenters. The molecule has 5 nitrogen and oxygen atoms in total. The third-order valence-corrected chi connectivity index (χ3v) is 5.32. The van der Waals surface area contributed by atoms with E-state index in [0.717, 1.165) is 44.2 Å². The van der Waals surface area contributed by atoms with E-state index in [1.807, 2.05) is 0 Å². The number of imide groups is 1. The average molecular weight is 384 g/mol. The molecule has 28 heavy (non-hydrogen) atoms. The van der Waals surface area contributed by atoms with Gasteiger partial charge >= 0.3 is 0 Å². The summed E-state index contributed by atoms with van der Waals surface area (Å²) in [5, 5.41) is 2.19. The maximum atomic E-state index is 13.8. The number of carbonyl (C=O) groups is 3. The van der Waals surface area contributed by atoms with E-state index < -0.39 is 29.1 Å². The fourth-order valence-electron chi connectivity index (χ4n) is 3.87. The van der Waals surface area contributed by atoms with Gasteiger partial charge in [-0.25, -0.2) is 8.78 Å². The van der Waals surface area contributed by atoms with Crippen LogP contribution in [0.15, 0.2) is 36.4 Å². The van der Waals surface area contributed by atoms with Gasteiger partial charge in [0.25, 0.3) is 17.7 Å². The number of halogens is 2. The molecule has 7 heteroatoms. The van der Waals surface area contributed by atoms with Crippen molar-refractivity contribution >= 4 is 23.4 Å². The van der Waals surface area contributed by atoms with Crippen molar-refractivity contribution in [3.8, 4) is 0 Å². The van der Waals surface area contributed by atoms with Gasteiger partial charge in [0.15, 0.2) is 0 Å². The lowest BCUT2D eigenvalue weighted by Gasteiger charge is -2.29. The van der Waals surface area contributed by atoms with Crippen molar-refractivity contribution in [1.82, 2.24) is 4.90 Å². The van der Waals surface area contributed by atoms with Crippen LogP contribution in [0.4, 0.5) is 14.5 Å². The summed E-state index contributed by atoms with van der Waals surface area (Å²) in [7, 11) is 0. The van der Waals surface area contributed by atoms with E-state index >= 15 is 0 Å². The van der Waals surface area contributed by atoms with Crippen molar-refractivity contribution in [2.45, 2.75) is 38.1 Å². The van der Waals surface area contributed by atoms with Gasteiger partial charge in [0.05, 0.1) is 11.1 Å². The maximum absolute atomic E-state index is 13.8. The molecule has 3 amide bonds. The lowest BCUT2D eigenvalue weighted by molar-refractivity contribution is 0.0549. The zero-order valence-electron chi connectivity index (χ0n) is 15.0. The molecule has 4 rings (SSSR count). The number of fused-ring (bicyclic) bond motifs is 1. The third kappa shape index (κ3) is 3.06. The smallest absolute Gasteiger partial charge is 0.261 e. The van der Waals surface area contributed by atoms with Gasteiger partial charge in [-0.2, -0.15) is 0 Å². The van der Waals surface area contributed by atoms with Crippen molar-refractivity contribution in [1.29, 1.82) is 0 Å². The van der Waals surface area contributed by atoms with Crippen molar-refractivity contribution < 1.29 is 23.2 Å². The first kappa shape index (κ1) is 18.3. The molecule has 1 fully saturated rings. The molecule has 1 N–H and O–H groups in total. The highest BCUT2D eigenvalue weighted by molar-refractivity contribution is 6.22. The summed E-state index contributed by atoms with van der Waals surface area (Å²) >= 11 is 0. The number of benzene rings is 2. The van der Waals surface area contributed by atoms with E-state index in [9.17, 15) is 23.2 Å². The molecule has 1 saturated carbocycles. The Morgan fingerprint density at radius 3 is 2.25 bits per heavy atom. The van der Waals surface area contributed by atoms with E-state index in [4.69, 9.17) is 0 Å². The quantitative estimate of drug-likeness (QED) is 0.809. The first-order chi connectivity index (χ1) is 13.5. The normalized spacial score (nSPS) is 17.0. The van der Waals surface area contributed by atoms with Crippen LogP contribution in [0, 0.1) is 11.6 Å². The Kier molecular flexibility index (Phi) is 4.66. The van der Waals surface area contributed by atoms with Crippen molar-refractivity contribution in [3.63, 3.8) is 0 Å². The predicted octanol–water partition coefficient (Wildman–Crippen LogP) is 4.15. The molecular formula is C21H18F2N2O3. The van der Waals surface area contributed by atoms with E-state index in [1.165, 1.54) is 29.2 Å². The van der Waals surface area contributed by atoms with E-state index in [0.29, 0.717) is 0 Å². The third-order valence-electron chi connectivity index (χ3n) is 5.32. The van der Waals surface area contributed by atoms with Crippen molar-refractivity contribution in [2.75, 3.05) is 5.32 Å². The Balaban J connectivity index is 1.60. The first-order valence-corrected chi connectivity index (χ1v) is 9.24. The Morgan fingerprint density at radius 1 is 0.929 bits per heavy atom. The van der Waals surface area contributed by atoms with Crippen LogP contribution in [0.1, 0.15) is 63.2 Å². The van der Waals surface area contributed by atoms with Gasteiger partial charge in [-0.15, -0.1) is 0 Å². The monoisotopic (exact) mass is 384 g/mol. The molecule has 0 saturated heterocycles. The van der Waals surface area contributed by atoms with Gasteiger partial charge in [0.1, 0.15) is 17.3 Å². The van der Waals surface area contributed by atoms with Gasteiger partial charge in [-0.05, 0) is 43.2 Å². The molecule has 1 heterocycles.